The van der Waals surface area contributed by atoms with Crippen LogP contribution in [-0.2, 0) is 6.54 Å². The zero-order chi connectivity index (χ0) is 24.5. The van der Waals surface area contributed by atoms with E-state index >= 15 is 0 Å². The molecule has 4 nitrogen and oxygen atoms in total. The van der Waals surface area contributed by atoms with Crippen LogP contribution in [0.2, 0.25) is 5.02 Å². The van der Waals surface area contributed by atoms with Crippen LogP contribution in [0.4, 0.5) is 5.69 Å². The van der Waals surface area contributed by atoms with Crippen molar-refractivity contribution in [3.05, 3.63) is 107 Å². The van der Waals surface area contributed by atoms with Gasteiger partial charge in [0, 0.05) is 55.2 Å². The summed E-state index contributed by atoms with van der Waals surface area (Å²) in [5.74, 6) is 0.515. The molecule has 0 radical (unpaired) electrons. The first-order valence-electron chi connectivity index (χ1n) is 12.8. The van der Waals surface area contributed by atoms with Gasteiger partial charge in [-0.1, -0.05) is 67.1 Å². The quantitative estimate of drug-likeness (QED) is 0.300. The van der Waals surface area contributed by atoms with Gasteiger partial charge in [0.1, 0.15) is 5.65 Å². The van der Waals surface area contributed by atoms with Gasteiger partial charge in [-0.2, -0.15) is 0 Å². The molecule has 1 atom stereocenters. The Morgan fingerprint density at radius 3 is 2.39 bits per heavy atom. The van der Waals surface area contributed by atoms with E-state index in [1.165, 1.54) is 22.5 Å². The molecule has 0 saturated carbocycles. The van der Waals surface area contributed by atoms with Gasteiger partial charge >= 0.3 is 0 Å². The first kappa shape index (κ1) is 23.1. The molecule has 2 aliphatic rings. The van der Waals surface area contributed by atoms with Gasteiger partial charge in [-0.05, 0) is 59.9 Å². The van der Waals surface area contributed by atoms with Crippen LogP contribution >= 0.6 is 11.6 Å². The molecule has 3 heterocycles. The van der Waals surface area contributed by atoms with Gasteiger partial charge in [-0.25, -0.2) is 4.98 Å². The SMILES string of the molecule is CC1CC=CC=C1c1ccc2nc(-c3ccc(Cl)cc3)c(CN3CCN(c4ccccc4)CC3)n2c1. The molecule has 0 amide bonds. The van der Waals surface area contributed by atoms with E-state index in [-0.39, 0.29) is 0 Å². The third kappa shape index (κ3) is 4.59. The molecular formula is C31H31ClN4. The minimum Gasteiger partial charge on any atom is -0.369 e. The Labute approximate surface area is 218 Å². The number of aromatic nitrogens is 2. The number of halogens is 1. The molecule has 0 bridgehead atoms. The molecule has 4 aromatic rings. The van der Waals surface area contributed by atoms with Gasteiger partial charge in [0.05, 0.1) is 11.4 Å². The van der Waals surface area contributed by atoms with Gasteiger partial charge in [-0.3, -0.25) is 4.90 Å². The Morgan fingerprint density at radius 2 is 1.64 bits per heavy atom. The summed E-state index contributed by atoms with van der Waals surface area (Å²) in [4.78, 5) is 10.1. The van der Waals surface area contributed by atoms with Crippen molar-refractivity contribution in [1.29, 1.82) is 0 Å². The van der Waals surface area contributed by atoms with Gasteiger partial charge in [-0.15, -0.1) is 0 Å². The Balaban J connectivity index is 1.34. The van der Waals surface area contributed by atoms with Crippen LogP contribution in [-0.4, -0.2) is 40.5 Å². The van der Waals surface area contributed by atoms with Crippen LogP contribution in [0.25, 0.3) is 22.5 Å². The summed E-state index contributed by atoms with van der Waals surface area (Å²) < 4.78 is 2.31. The number of rotatable bonds is 5. The molecule has 1 saturated heterocycles. The first-order chi connectivity index (χ1) is 17.7. The summed E-state index contributed by atoms with van der Waals surface area (Å²) in [7, 11) is 0. The fraction of sp³-hybridized carbons (Fsp3) is 0.258. The zero-order valence-electron chi connectivity index (χ0n) is 20.6. The Morgan fingerprint density at radius 1 is 0.889 bits per heavy atom. The Hall–Kier alpha value is -3.34. The molecule has 1 aliphatic heterocycles. The second kappa shape index (κ2) is 9.96. The predicted octanol–water partition coefficient (Wildman–Crippen LogP) is 6.96. The van der Waals surface area contributed by atoms with E-state index in [0.717, 1.165) is 61.1 Å². The Kier molecular flexibility index (Phi) is 6.39. The van der Waals surface area contributed by atoms with Crippen LogP contribution < -0.4 is 4.90 Å². The normalized spacial score (nSPS) is 18.6. The monoisotopic (exact) mass is 494 g/mol. The molecule has 2 aromatic heterocycles. The van der Waals surface area contributed by atoms with Crippen molar-refractivity contribution in [3.63, 3.8) is 0 Å². The summed E-state index contributed by atoms with van der Waals surface area (Å²) in [6.45, 7) is 7.27. The summed E-state index contributed by atoms with van der Waals surface area (Å²) in [6, 6.07) is 23.2. The fourth-order valence-electron chi connectivity index (χ4n) is 5.40. The lowest BCUT2D eigenvalue weighted by molar-refractivity contribution is 0.247. The van der Waals surface area contributed by atoms with Crippen molar-refractivity contribution in [2.75, 3.05) is 31.1 Å². The summed E-state index contributed by atoms with van der Waals surface area (Å²) in [5, 5.41) is 0.745. The average molecular weight is 495 g/mol. The first-order valence-corrected chi connectivity index (χ1v) is 13.2. The van der Waals surface area contributed by atoms with E-state index in [1.54, 1.807) is 0 Å². The predicted molar refractivity (Wildman–Crippen MR) is 150 cm³/mol. The van der Waals surface area contributed by atoms with Crippen LogP contribution in [0.3, 0.4) is 0 Å². The van der Waals surface area contributed by atoms with Crippen molar-refractivity contribution in [2.45, 2.75) is 19.9 Å². The van der Waals surface area contributed by atoms with E-state index in [0.29, 0.717) is 5.92 Å². The fourth-order valence-corrected chi connectivity index (χ4v) is 5.52. The van der Waals surface area contributed by atoms with Crippen molar-refractivity contribution >= 4 is 28.5 Å². The van der Waals surface area contributed by atoms with E-state index in [2.05, 4.69) is 100 Å². The number of benzene rings is 2. The van der Waals surface area contributed by atoms with Gasteiger partial charge in [0.25, 0.3) is 0 Å². The highest BCUT2D eigenvalue weighted by Crippen LogP contribution is 2.32. The maximum Gasteiger partial charge on any atom is 0.137 e. The molecule has 2 aromatic carbocycles. The molecule has 182 valence electrons. The maximum atomic E-state index is 6.21. The minimum atomic E-state index is 0.515. The lowest BCUT2D eigenvalue weighted by atomic mass is 9.89. The Bertz CT molecular complexity index is 1410. The second-order valence-corrected chi connectivity index (χ2v) is 10.3. The lowest BCUT2D eigenvalue weighted by Gasteiger charge is -2.36. The number of pyridine rings is 1. The highest BCUT2D eigenvalue weighted by molar-refractivity contribution is 6.30. The average Bonchev–Trinajstić information content (AvgIpc) is 3.28. The van der Waals surface area contributed by atoms with Crippen molar-refractivity contribution in [1.82, 2.24) is 14.3 Å². The van der Waals surface area contributed by atoms with Crippen LogP contribution in [0.15, 0.2) is 91.2 Å². The number of nitrogens with zero attached hydrogens (tertiary/aromatic N) is 4. The largest absolute Gasteiger partial charge is 0.369 e. The molecule has 5 heteroatoms. The lowest BCUT2D eigenvalue weighted by Crippen LogP contribution is -2.46. The molecule has 36 heavy (non-hydrogen) atoms. The molecule has 0 spiro atoms. The van der Waals surface area contributed by atoms with Gasteiger partial charge < -0.3 is 9.30 Å². The van der Waals surface area contributed by atoms with Crippen molar-refractivity contribution in [3.8, 4) is 11.3 Å². The number of hydrogen-bond donors (Lipinski definition) is 0. The highest BCUT2D eigenvalue weighted by Gasteiger charge is 2.22. The number of anilines is 1. The molecule has 0 N–H and O–H groups in total. The number of hydrogen-bond acceptors (Lipinski definition) is 3. The maximum absolute atomic E-state index is 6.21. The number of fused-ring (bicyclic) bond motifs is 1. The van der Waals surface area contributed by atoms with E-state index in [9.17, 15) is 0 Å². The van der Waals surface area contributed by atoms with Crippen LogP contribution in [0, 0.1) is 5.92 Å². The topological polar surface area (TPSA) is 23.8 Å². The summed E-state index contributed by atoms with van der Waals surface area (Å²) in [6.07, 6.45) is 10.1. The van der Waals surface area contributed by atoms with E-state index in [4.69, 9.17) is 16.6 Å². The van der Waals surface area contributed by atoms with Gasteiger partial charge in [0.15, 0.2) is 0 Å². The third-order valence-electron chi connectivity index (χ3n) is 7.47. The zero-order valence-corrected chi connectivity index (χ0v) is 21.4. The highest BCUT2D eigenvalue weighted by atomic mass is 35.5. The summed E-state index contributed by atoms with van der Waals surface area (Å²) >= 11 is 6.21. The smallest absolute Gasteiger partial charge is 0.137 e. The molecular weight excluding hydrogens is 464 g/mol. The minimum absolute atomic E-state index is 0.515. The van der Waals surface area contributed by atoms with E-state index in [1.807, 2.05) is 12.1 Å². The number of allylic oxidation sites excluding steroid dienone is 4. The van der Waals surface area contributed by atoms with Crippen LogP contribution in [0.5, 0.6) is 0 Å². The van der Waals surface area contributed by atoms with Crippen LogP contribution in [0.1, 0.15) is 24.6 Å². The number of piperazine rings is 1. The molecule has 1 unspecified atom stereocenters. The standard InChI is InChI=1S/C31H31ClN4/c1-23-7-5-6-10-28(23)25-13-16-30-33-31(24-11-14-26(32)15-12-24)29(36(30)21-25)22-34-17-19-35(20-18-34)27-8-3-2-4-9-27/h2-6,8-16,21,23H,7,17-20,22H2,1H3. The molecule has 1 fully saturated rings. The third-order valence-corrected chi connectivity index (χ3v) is 7.72. The molecule has 6 rings (SSSR count). The van der Waals surface area contributed by atoms with Crippen molar-refractivity contribution in [2.24, 2.45) is 5.92 Å². The van der Waals surface area contributed by atoms with E-state index < -0.39 is 0 Å². The molecule has 1 aliphatic carbocycles. The summed E-state index contributed by atoms with van der Waals surface area (Å²) in [5.41, 5.74) is 8.35. The van der Waals surface area contributed by atoms with Gasteiger partial charge in [0.2, 0.25) is 0 Å². The second-order valence-electron chi connectivity index (χ2n) is 9.85. The number of para-hydroxylation sites is 1. The van der Waals surface area contributed by atoms with Crippen molar-refractivity contribution < 1.29 is 0 Å². The number of imidazole rings is 1.